The third-order valence-corrected chi connectivity index (χ3v) is 6.22. The van der Waals surface area contributed by atoms with Gasteiger partial charge in [0.15, 0.2) is 0 Å². The van der Waals surface area contributed by atoms with E-state index in [1.54, 1.807) is 0 Å². The summed E-state index contributed by atoms with van der Waals surface area (Å²) in [5.74, 6) is 0.780. The van der Waals surface area contributed by atoms with Crippen molar-refractivity contribution in [1.29, 1.82) is 0 Å². The van der Waals surface area contributed by atoms with Crippen molar-refractivity contribution in [3.8, 4) is 0 Å². The summed E-state index contributed by atoms with van der Waals surface area (Å²) in [6.07, 6.45) is 13.0. The minimum atomic E-state index is 0.780. The van der Waals surface area contributed by atoms with Crippen molar-refractivity contribution in [1.82, 2.24) is 0 Å². The standard InChI is InChI=1S/C27H27N/c1-20-16-18-23(19-17-20)28(26-14-6-10-21-8-2-4-12-24(21)26)27-15-7-11-22-9-3-5-13-25(22)27/h2,4-8,10-15,18,20H,3,9,16-17,19H2,1H3. The Morgan fingerprint density at radius 3 is 2.57 bits per heavy atom. The van der Waals surface area contributed by atoms with E-state index in [9.17, 15) is 0 Å². The summed E-state index contributed by atoms with van der Waals surface area (Å²) in [5.41, 5.74) is 6.93. The lowest BCUT2D eigenvalue weighted by Crippen LogP contribution is -2.21. The molecule has 1 nitrogen and oxygen atoms in total. The topological polar surface area (TPSA) is 3.24 Å². The minimum absolute atomic E-state index is 0.780. The molecule has 0 N–H and O–H groups in total. The van der Waals surface area contributed by atoms with Crippen LogP contribution in [0.3, 0.4) is 0 Å². The number of hydrogen-bond donors (Lipinski definition) is 0. The molecule has 0 saturated heterocycles. The number of allylic oxidation sites excluding steroid dienone is 3. The van der Waals surface area contributed by atoms with Gasteiger partial charge in [-0.2, -0.15) is 0 Å². The fraction of sp³-hybridized carbons (Fsp3) is 0.259. The maximum absolute atomic E-state index is 2.54. The van der Waals surface area contributed by atoms with Crippen molar-refractivity contribution in [2.45, 2.75) is 39.0 Å². The predicted octanol–water partition coefficient (Wildman–Crippen LogP) is 7.64. The van der Waals surface area contributed by atoms with Crippen LogP contribution in [-0.4, -0.2) is 0 Å². The van der Waals surface area contributed by atoms with Crippen LogP contribution in [0.5, 0.6) is 0 Å². The van der Waals surface area contributed by atoms with Gasteiger partial charge in [0.2, 0.25) is 0 Å². The summed E-state index contributed by atoms with van der Waals surface area (Å²) >= 11 is 0. The number of fused-ring (bicyclic) bond motifs is 2. The van der Waals surface area contributed by atoms with Crippen LogP contribution in [0, 0.1) is 5.92 Å². The van der Waals surface area contributed by atoms with Gasteiger partial charge in [-0.1, -0.05) is 73.7 Å². The van der Waals surface area contributed by atoms with Gasteiger partial charge < -0.3 is 4.90 Å². The molecule has 3 aromatic rings. The first-order chi connectivity index (χ1) is 13.8. The van der Waals surface area contributed by atoms with E-state index in [0.717, 1.165) is 25.2 Å². The molecule has 0 aliphatic heterocycles. The summed E-state index contributed by atoms with van der Waals surface area (Å²) in [6.45, 7) is 2.36. The molecule has 1 unspecified atom stereocenters. The maximum Gasteiger partial charge on any atom is 0.0536 e. The lowest BCUT2D eigenvalue weighted by atomic mass is 9.91. The Hall–Kier alpha value is -2.80. The molecule has 28 heavy (non-hydrogen) atoms. The van der Waals surface area contributed by atoms with E-state index in [4.69, 9.17) is 0 Å². The highest BCUT2D eigenvalue weighted by Gasteiger charge is 2.23. The highest BCUT2D eigenvalue weighted by molar-refractivity contribution is 5.98. The Labute approximate surface area is 168 Å². The third kappa shape index (κ3) is 3.05. The number of nitrogens with zero attached hydrogens (tertiary/aromatic N) is 1. The van der Waals surface area contributed by atoms with Crippen LogP contribution in [0.15, 0.2) is 78.5 Å². The van der Waals surface area contributed by atoms with Crippen LogP contribution in [0.4, 0.5) is 11.4 Å². The zero-order chi connectivity index (χ0) is 18.9. The van der Waals surface area contributed by atoms with Gasteiger partial charge in [0.1, 0.15) is 0 Å². The average Bonchev–Trinajstić information content (AvgIpc) is 2.75. The third-order valence-electron chi connectivity index (χ3n) is 6.22. The van der Waals surface area contributed by atoms with Crippen LogP contribution in [0.25, 0.3) is 16.8 Å². The van der Waals surface area contributed by atoms with Crippen molar-refractivity contribution in [3.05, 3.63) is 89.6 Å². The molecule has 0 fully saturated rings. The van der Waals surface area contributed by atoms with Crippen molar-refractivity contribution in [2.24, 2.45) is 5.92 Å². The number of anilines is 2. The first kappa shape index (κ1) is 17.3. The van der Waals surface area contributed by atoms with Gasteiger partial charge in [-0.25, -0.2) is 0 Å². The van der Waals surface area contributed by atoms with Crippen LogP contribution >= 0.6 is 0 Å². The molecule has 5 rings (SSSR count). The number of rotatable bonds is 3. The highest BCUT2D eigenvalue weighted by atomic mass is 15.2. The Morgan fingerprint density at radius 1 is 0.857 bits per heavy atom. The van der Waals surface area contributed by atoms with Crippen molar-refractivity contribution in [3.63, 3.8) is 0 Å². The maximum atomic E-state index is 2.54. The Kier molecular flexibility index (Phi) is 4.52. The van der Waals surface area contributed by atoms with Gasteiger partial charge in [-0.3, -0.25) is 0 Å². The summed E-state index contributed by atoms with van der Waals surface area (Å²) < 4.78 is 0. The van der Waals surface area contributed by atoms with Gasteiger partial charge in [-0.15, -0.1) is 0 Å². The van der Waals surface area contributed by atoms with Crippen LogP contribution < -0.4 is 4.90 Å². The number of hydrogen-bond acceptors (Lipinski definition) is 1. The monoisotopic (exact) mass is 365 g/mol. The van der Waals surface area contributed by atoms with Gasteiger partial charge in [-0.05, 0) is 61.1 Å². The lowest BCUT2D eigenvalue weighted by Gasteiger charge is -2.34. The SMILES string of the molecule is CC1CC=C(N(c2cccc3c2C=CCC3)c2cccc3ccccc23)CC1. The molecule has 0 bridgehead atoms. The van der Waals surface area contributed by atoms with E-state index >= 15 is 0 Å². The smallest absolute Gasteiger partial charge is 0.0536 e. The quantitative estimate of drug-likeness (QED) is 0.461. The summed E-state index contributed by atoms with van der Waals surface area (Å²) in [4.78, 5) is 2.54. The molecular weight excluding hydrogens is 338 g/mol. The summed E-state index contributed by atoms with van der Waals surface area (Å²) in [7, 11) is 0. The van der Waals surface area contributed by atoms with Gasteiger partial charge >= 0.3 is 0 Å². The van der Waals surface area contributed by atoms with Gasteiger partial charge in [0.25, 0.3) is 0 Å². The number of aryl methyl sites for hydroxylation is 1. The highest BCUT2D eigenvalue weighted by Crippen LogP contribution is 2.42. The molecule has 140 valence electrons. The molecule has 0 saturated carbocycles. The van der Waals surface area contributed by atoms with Crippen LogP contribution in [-0.2, 0) is 6.42 Å². The van der Waals surface area contributed by atoms with E-state index in [1.165, 1.54) is 51.8 Å². The Balaban J connectivity index is 1.75. The van der Waals surface area contributed by atoms with Gasteiger partial charge in [0, 0.05) is 16.6 Å². The molecule has 0 heterocycles. The normalized spacial score (nSPS) is 18.6. The molecule has 0 aromatic heterocycles. The van der Waals surface area contributed by atoms with Crippen LogP contribution in [0.1, 0.15) is 43.7 Å². The van der Waals surface area contributed by atoms with E-state index in [1.807, 2.05) is 0 Å². The second-order valence-electron chi connectivity index (χ2n) is 8.20. The van der Waals surface area contributed by atoms with E-state index in [-0.39, 0.29) is 0 Å². The zero-order valence-corrected chi connectivity index (χ0v) is 16.6. The van der Waals surface area contributed by atoms with Gasteiger partial charge in [0.05, 0.1) is 11.4 Å². The van der Waals surface area contributed by atoms with Crippen molar-refractivity contribution >= 4 is 28.2 Å². The van der Waals surface area contributed by atoms with E-state index in [0.29, 0.717) is 0 Å². The van der Waals surface area contributed by atoms with Crippen molar-refractivity contribution < 1.29 is 0 Å². The molecule has 0 radical (unpaired) electrons. The molecular formula is C27H27N. The molecule has 1 heteroatoms. The predicted molar refractivity (Wildman–Crippen MR) is 121 cm³/mol. The fourth-order valence-corrected chi connectivity index (χ4v) is 4.64. The fourth-order valence-electron chi connectivity index (χ4n) is 4.64. The Bertz CT molecular complexity index is 1070. The first-order valence-electron chi connectivity index (χ1n) is 10.6. The van der Waals surface area contributed by atoms with Crippen molar-refractivity contribution in [2.75, 3.05) is 4.90 Å². The molecule has 0 spiro atoms. The van der Waals surface area contributed by atoms with E-state index in [2.05, 4.69) is 90.7 Å². The lowest BCUT2D eigenvalue weighted by molar-refractivity contribution is 0.511. The molecule has 1 atom stereocenters. The molecule has 0 amide bonds. The second-order valence-corrected chi connectivity index (χ2v) is 8.20. The average molecular weight is 366 g/mol. The molecule has 2 aliphatic rings. The Morgan fingerprint density at radius 2 is 1.68 bits per heavy atom. The summed E-state index contributed by atoms with van der Waals surface area (Å²) in [5, 5.41) is 2.62. The number of benzene rings is 3. The first-order valence-corrected chi connectivity index (χ1v) is 10.6. The van der Waals surface area contributed by atoms with E-state index < -0.39 is 0 Å². The zero-order valence-electron chi connectivity index (χ0n) is 16.6. The summed E-state index contributed by atoms with van der Waals surface area (Å²) in [6, 6.07) is 22.3. The molecule has 2 aliphatic carbocycles. The minimum Gasteiger partial charge on any atom is -0.313 e. The second kappa shape index (κ2) is 7.31. The molecule has 3 aromatic carbocycles. The largest absolute Gasteiger partial charge is 0.313 e. The van der Waals surface area contributed by atoms with Crippen LogP contribution in [0.2, 0.25) is 0 Å².